The van der Waals surface area contributed by atoms with Crippen LogP contribution in [0.15, 0.2) is 52.2 Å². The van der Waals surface area contributed by atoms with E-state index in [9.17, 15) is 14.7 Å². The van der Waals surface area contributed by atoms with Gasteiger partial charge in [-0.2, -0.15) is 0 Å². The zero-order chi connectivity index (χ0) is 33.4. The molecule has 1 aliphatic rings. The first kappa shape index (κ1) is 32.3. The third kappa shape index (κ3) is 6.10. The topological polar surface area (TPSA) is 158 Å². The van der Waals surface area contributed by atoms with Crippen molar-refractivity contribution in [2.24, 2.45) is 14.1 Å². The largest absolute Gasteiger partial charge is 0.480 e. The number of benzene rings is 2. The van der Waals surface area contributed by atoms with Crippen LogP contribution in [0.3, 0.4) is 0 Å². The van der Waals surface area contributed by atoms with E-state index in [1.54, 1.807) is 20.2 Å². The Bertz CT molecular complexity index is 2110. The maximum absolute atomic E-state index is 13.2. The summed E-state index contributed by atoms with van der Waals surface area (Å²) in [6.45, 7) is 4.91. The summed E-state index contributed by atoms with van der Waals surface area (Å²) in [4.78, 5) is 44.0. The molecular formula is C33H35ClN8O5. The fraction of sp³-hybridized carbons (Fsp3) is 0.333. The van der Waals surface area contributed by atoms with Gasteiger partial charge in [0.05, 0.1) is 36.7 Å². The van der Waals surface area contributed by atoms with Crippen molar-refractivity contribution in [3.63, 3.8) is 0 Å². The van der Waals surface area contributed by atoms with Crippen LogP contribution in [0.4, 0.5) is 11.5 Å². The quantitative estimate of drug-likeness (QED) is 0.224. The summed E-state index contributed by atoms with van der Waals surface area (Å²) in [7, 11) is 4.54. The summed E-state index contributed by atoms with van der Waals surface area (Å²) in [6, 6.07) is 11.3. The normalized spacial score (nSPS) is 16.4. The molecule has 0 radical (unpaired) electrons. The number of aliphatic hydroxyl groups is 1. The third-order valence-corrected chi connectivity index (χ3v) is 8.83. The first-order valence-electron chi connectivity index (χ1n) is 15.1. The van der Waals surface area contributed by atoms with E-state index in [1.807, 2.05) is 43.3 Å². The van der Waals surface area contributed by atoms with Crippen LogP contribution in [0.25, 0.3) is 33.4 Å². The van der Waals surface area contributed by atoms with Gasteiger partial charge in [0.25, 0.3) is 5.56 Å². The van der Waals surface area contributed by atoms with Crippen LogP contribution in [0.1, 0.15) is 23.5 Å². The fourth-order valence-electron chi connectivity index (χ4n) is 5.79. The molecule has 0 unspecified atom stereocenters. The molecule has 5 aromatic rings. The first-order chi connectivity index (χ1) is 22.6. The van der Waals surface area contributed by atoms with Crippen LogP contribution in [-0.4, -0.2) is 66.6 Å². The van der Waals surface area contributed by atoms with E-state index in [2.05, 4.69) is 25.6 Å². The number of rotatable bonds is 8. The van der Waals surface area contributed by atoms with Crippen molar-refractivity contribution in [1.82, 2.24) is 34.4 Å². The minimum absolute atomic E-state index is 0.106. The Morgan fingerprint density at radius 1 is 1.04 bits per heavy atom. The Morgan fingerprint density at radius 3 is 2.55 bits per heavy atom. The molecule has 0 saturated carbocycles. The number of methoxy groups -OCH3 is 1. The Hall–Kier alpha value is -4.69. The van der Waals surface area contributed by atoms with Gasteiger partial charge in [0.15, 0.2) is 5.65 Å². The smallest absolute Gasteiger partial charge is 0.332 e. The zero-order valence-corrected chi connectivity index (χ0v) is 27.4. The molecule has 47 heavy (non-hydrogen) atoms. The van der Waals surface area contributed by atoms with E-state index in [-0.39, 0.29) is 17.1 Å². The number of aryl methyl sites for hydroxylation is 2. The standard InChI is InChI=1S/C33H35ClN8O5/c1-17-19(8-7-11-22(17)39-29-27-30(38-18(2)37-29)41(3)33(45)42(4)32(27)44)20-9-6-10-21(28(20)34)24-14-36-25(31(40-24)46-5)15-35-23-12-13-47-16-26(23)43/h6-11,14,23,26,35,43H,12-13,15-16H2,1-5H3,(H,37,38,39)/t23-,26+/m0/s1. The number of anilines is 2. The SMILES string of the molecule is COc1nc(-c2cccc(-c3cccc(Nc4nc(C)nc5c4c(=O)n(C)c(=O)n5C)c3C)c2Cl)cnc1CN[C@H]1CCOC[C@H]1O. The minimum atomic E-state index is -0.590. The Labute approximate surface area is 275 Å². The van der Waals surface area contributed by atoms with Crippen LogP contribution in [-0.2, 0) is 25.4 Å². The summed E-state index contributed by atoms with van der Waals surface area (Å²) in [5.74, 6) is 1.07. The monoisotopic (exact) mass is 658 g/mol. The fourth-order valence-corrected chi connectivity index (χ4v) is 6.11. The lowest BCUT2D eigenvalue weighted by atomic mass is 9.96. The molecule has 244 valence electrons. The number of aromatic nitrogens is 6. The molecule has 4 heterocycles. The van der Waals surface area contributed by atoms with Crippen molar-refractivity contribution in [3.05, 3.63) is 85.5 Å². The van der Waals surface area contributed by atoms with E-state index in [0.29, 0.717) is 71.4 Å². The maximum atomic E-state index is 13.2. The third-order valence-electron chi connectivity index (χ3n) is 8.43. The Kier molecular flexibility index (Phi) is 9.06. The minimum Gasteiger partial charge on any atom is -0.480 e. The molecule has 1 fully saturated rings. The second kappa shape index (κ2) is 13.2. The molecule has 2 atom stereocenters. The molecule has 1 aliphatic heterocycles. The maximum Gasteiger partial charge on any atom is 0.332 e. The van der Waals surface area contributed by atoms with E-state index < -0.39 is 17.4 Å². The number of hydrogen-bond donors (Lipinski definition) is 3. The van der Waals surface area contributed by atoms with Crippen molar-refractivity contribution < 1.29 is 14.6 Å². The van der Waals surface area contributed by atoms with Gasteiger partial charge in [-0.05, 0) is 37.5 Å². The lowest BCUT2D eigenvalue weighted by molar-refractivity contribution is -0.0281. The molecule has 3 N–H and O–H groups in total. The number of aliphatic hydroxyl groups excluding tert-OH is 1. The lowest BCUT2D eigenvalue weighted by Gasteiger charge is -2.28. The molecule has 3 aromatic heterocycles. The molecule has 0 spiro atoms. The van der Waals surface area contributed by atoms with Gasteiger partial charge in [0.2, 0.25) is 5.88 Å². The highest BCUT2D eigenvalue weighted by Crippen LogP contribution is 2.39. The van der Waals surface area contributed by atoms with Gasteiger partial charge in [0.1, 0.15) is 22.7 Å². The van der Waals surface area contributed by atoms with Crippen molar-refractivity contribution in [1.29, 1.82) is 0 Å². The number of hydrogen-bond acceptors (Lipinski definition) is 11. The van der Waals surface area contributed by atoms with Gasteiger partial charge in [-0.3, -0.25) is 18.9 Å². The molecular weight excluding hydrogens is 624 g/mol. The van der Waals surface area contributed by atoms with Gasteiger partial charge in [-0.15, -0.1) is 0 Å². The number of fused-ring (bicyclic) bond motifs is 1. The summed E-state index contributed by atoms with van der Waals surface area (Å²) < 4.78 is 13.3. The van der Waals surface area contributed by atoms with Crippen LogP contribution in [0, 0.1) is 13.8 Å². The van der Waals surface area contributed by atoms with Crippen LogP contribution < -0.4 is 26.6 Å². The Morgan fingerprint density at radius 2 is 1.79 bits per heavy atom. The summed E-state index contributed by atoms with van der Waals surface area (Å²) >= 11 is 7.07. The predicted octanol–water partition coefficient (Wildman–Crippen LogP) is 3.41. The van der Waals surface area contributed by atoms with Crippen LogP contribution >= 0.6 is 11.6 Å². The van der Waals surface area contributed by atoms with Gasteiger partial charge < -0.3 is 25.2 Å². The second-order valence-electron chi connectivity index (χ2n) is 11.4. The summed E-state index contributed by atoms with van der Waals surface area (Å²) in [6.07, 6.45) is 1.77. The van der Waals surface area contributed by atoms with E-state index in [1.165, 1.54) is 18.7 Å². The Balaban J connectivity index is 1.34. The molecule has 0 amide bonds. The highest BCUT2D eigenvalue weighted by atomic mass is 35.5. The lowest BCUT2D eigenvalue weighted by Crippen LogP contribution is -2.46. The molecule has 1 saturated heterocycles. The first-order valence-corrected chi connectivity index (χ1v) is 15.5. The van der Waals surface area contributed by atoms with Crippen molar-refractivity contribution in [2.75, 3.05) is 25.6 Å². The molecule has 13 nitrogen and oxygen atoms in total. The molecule has 0 bridgehead atoms. The average molecular weight is 659 g/mol. The van der Waals surface area contributed by atoms with Gasteiger partial charge in [-0.25, -0.2) is 19.7 Å². The highest BCUT2D eigenvalue weighted by Gasteiger charge is 2.24. The number of nitrogens with one attached hydrogen (secondary N) is 2. The van der Waals surface area contributed by atoms with Crippen LogP contribution in [0.2, 0.25) is 5.02 Å². The second-order valence-corrected chi connectivity index (χ2v) is 11.8. The number of ether oxygens (including phenoxy) is 2. The molecule has 14 heteroatoms. The average Bonchev–Trinajstić information content (AvgIpc) is 3.07. The van der Waals surface area contributed by atoms with E-state index in [4.69, 9.17) is 26.1 Å². The van der Waals surface area contributed by atoms with Gasteiger partial charge in [-0.1, -0.05) is 41.9 Å². The summed E-state index contributed by atoms with van der Waals surface area (Å²) in [5, 5.41) is 17.6. The van der Waals surface area contributed by atoms with E-state index in [0.717, 1.165) is 21.3 Å². The summed E-state index contributed by atoms with van der Waals surface area (Å²) in [5.41, 5.74) is 4.30. The number of nitrogens with zero attached hydrogens (tertiary/aromatic N) is 6. The molecule has 6 rings (SSSR count). The van der Waals surface area contributed by atoms with Gasteiger partial charge in [0, 0.05) is 50.1 Å². The van der Waals surface area contributed by atoms with Crippen molar-refractivity contribution in [3.8, 4) is 28.3 Å². The highest BCUT2D eigenvalue weighted by molar-refractivity contribution is 6.36. The van der Waals surface area contributed by atoms with Gasteiger partial charge >= 0.3 is 5.69 Å². The predicted molar refractivity (Wildman–Crippen MR) is 179 cm³/mol. The number of halogens is 1. The molecule has 2 aromatic carbocycles. The van der Waals surface area contributed by atoms with E-state index >= 15 is 0 Å². The van der Waals surface area contributed by atoms with Crippen molar-refractivity contribution in [2.45, 2.75) is 39.0 Å². The van der Waals surface area contributed by atoms with Crippen LogP contribution in [0.5, 0.6) is 5.88 Å². The zero-order valence-electron chi connectivity index (χ0n) is 26.7. The van der Waals surface area contributed by atoms with Crippen molar-refractivity contribution >= 4 is 34.1 Å². The molecule has 0 aliphatic carbocycles.